The number of hydrogen-bond donors (Lipinski definition) is 1. The van der Waals surface area contributed by atoms with Crippen LogP contribution in [0.5, 0.6) is 0 Å². The lowest BCUT2D eigenvalue weighted by molar-refractivity contribution is -0.0397. The molecule has 0 radical (unpaired) electrons. The van der Waals surface area contributed by atoms with Gasteiger partial charge in [-0.05, 0) is 44.5 Å². The van der Waals surface area contributed by atoms with Crippen LogP contribution in [0.3, 0.4) is 0 Å². The van der Waals surface area contributed by atoms with Crippen LogP contribution in [0.2, 0.25) is 0 Å². The Balaban J connectivity index is 2.09. The van der Waals surface area contributed by atoms with E-state index < -0.39 is 5.60 Å². The highest BCUT2D eigenvalue weighted by molar-refractivity contribution is 5.82. The van der Waals surface area contributed by atoms with Crippen molar-refractivity contribution in [2.75, 3.05) is 13.6 Å². The number of aliphatic hydroxyl groups is 1. The normalized spacial score (nSPS) is 28.7. The molecule has 1 N–H and O–H groups in total. The van der Waals surface area contributed by atoms with Crippen molar-refractivity contribution in [1.29, 1.82) is 0 Å². The van der Waals surface area contributed by atoms with E-state index in [4.69, 9.17) is 0 Å². The molecule has 2 unspecified atom stereocenters. The number of pyridine rings is 1. The lowest BCUT2D eigenvalue weighted by atomic mass is 9.80. The Morgan fingerprint density at radius 2 is 2.16 bits per heavy atom. The molecule has 2 atom stereocenters. The van der Waals surface area contributed by atoms with E-state index >= 15 is 0 Å². The van der Waals surface area contributed by atoms with E-state index in [0.29, 0.717) is 6.04 Å². The van der Waals surface area contributed by atoms with Crippen LogP contribution in [0.15, 0.2) is 36.5 Å². The van der Waals surface area contributed by atoms with Gasteiger partial charge < -0.3 is 10.0 Å². The van der Waals surface area contributed by atoms with Gasteiger partial charge in [0.2, 0.25) is 0 Å². The van der Waals surface area contributed by atoms with Crippen LogP contribution in [0.4, 0.5) is 0 Å². The third-order valence-electron chi connectivity index (χ3n) is 4.41. The van der Waals surface area contributed by atoms with Gasteiger partial charge in [0.05, 0.1) is 11.1 Å². The molecule has 0 aliphatic carbocycles. The highest BCUT2D eigenvalue weighted by Crippen LogP contribution is 2.38. The van der Waals surface area contributed by atoms with E-state index in [-0.39, 0.29) is 0 Å². The fraction of sp³-hybridized carbons (Fsp3) is 0.438. The van der Waals surface area contributed by atoms with Crippen molar-refractivity contribution in [3.8, 4) is 0 Å². The number of fused-ring (bicyclic) bond motifs is 1. The van der Waals surface area contributed by atoms with Crippen LogP contribution >= 0.6 is 0 Å². The standard InChI is InChI=1S/C16H20N2O/c1-12-11-16(19,8-10-18(12)2)14-6-3-7-15-13(14)5-4-9-17-15/h3-7,9,12,19H,8,10-11H2,1-2H3. The number of piperidine rings is 1. The minimum Gasteiger partial charge on any atom is -0.385 e. The summed E-state index contributed by atoms with van der Waals surface area (Å²) in [5.74, 6) is 0. The number of likely N-dealkylation sites (tertiary alicyclic amines) is 1. The third-order valence-corrected chi connectivity index (χ3v) is 4.41. The second-order valence-corrected chi connectivity index (χ2v) is 5.69. The lowest BCUT2D eigenvalue weighted by Gasteiger charge is -2.41. The zero-order valence-corrected chi connectivity index (χ0v) is 11.5. The first-order chi connectivity index (χ1) is 9.10. The molecule has 1 aromatic heterocycles. The van der Waals surface area contributed by atoms with Crippen LogP contribution in [-0.4, -0.2) is 34.6 Å². The molecule has 0 bridgehead atoms. The molecule has 100 valence electrons. The van der Waals surface area contributed by atoms with E-state index in [9.17, 15) is 5.11 Å². The molecule has 0 saturated carbocycles. The topological polar surface area (TPSA) is 36.4 Å². The number of aromatic nitrogens is 1. The van der Waals surface area contributed by atoms with Gasteiger partial charge >= 0.3 is 0 Å². The van der Waals surface area contributed by atoms with Crippen molar-refractivity contribution >= 4 is 10.9 Å². The Kier molecular flexibility index (Phi) is 3.03. The van der Waals surface area contributed by atoms with Gasteiger partial charge in [0.15, 0.2) is 0 Å². The average molecular weight is 256 g/mol. The molecule has 0 amide bonds. The lowest BCUT2D eigenvalue weighted by Crippen LogP contribution is -2.46. The van der Waals surface area contributed by atoms with Gasteiger partial charge in [-0.1, -0.05) is 18.2 Å². The number of nitrogens with zero attached hydrogens (tertiary/aromatic N) is 2. The van der Waals surface area contributed by atoms with Crippen molar-refractivity contribution in [3.05, 3.63) is 42.1 Å². The van der Waals surface area contributed by atoms with Gasteiger partial charge in [-0.15, -0.1) is 0 Å². The van der Waals surface area contributed by atoms with Crippen LogP contribution in [0.1, 0.15) is 25.3 Å². The van der Waals surface area contributed by atoms with Crippen molar-refractivity contribution in [2.24, 2.45) is 0 Å². The third kappa shape index (κ3) is 2.13. The molecule has 19 heavy (non-hydrogen) atoms. The molecule has 0 spiro atoms. The molecule has 3 rings (SSSR count). The fourth-order valence-electron chi connectivity index (χ4n) is 3.08. The molecular formula is C16H20N2O. The SMILES string of the molecule is CC1CC(O)(c2cccc3ncccc23)CCN1C. The largest absolute Gasteiger partial charge is 0.385 e. The summed E-state index contributed by atoms with van der Waals surface area (Å²) in [6.45, 7) is 3.10. The summed E-state index contributed by atoms with van der Waals surface area (Å²) in [4.78, 5) is 6.68. The predicted octanol–water partition coefficient (Wildman–Crippen LogP) is 2.54. The first-order valence-electron chi connectivity index (χ1n) is 6.87. The summed E-state index contributed by atoms with van der Waals surface area (Å²) in [6.07, 6.45) is 3.35. The summed E-state index contributed by atoms with van der Waals surface area (Å²) in [7, 11) is 2.12. The molecule has 2 heterocycles. The van der Waals surface area contributed by atoms with E-state index in [1.807, 2.05) is 24.3 Å². The first-order valence-corrected chi connectivity index (χ1v) is 6.87. The maximum absolute atomic E-state index is 11.1. The molecular weight excluding hydrogens is 236 g/mol. The Morgan fingerprint density at radius 3 is 2.95 bits per heavy atom. The zero-order valence-electron chi connectivity index (χ0n) is 11.5. The van der Waals surface area contributed by atoms with Crippen molar-refractivity contribution in [1.82, 2.24) is 9.88 Å². The second-order valence-electron chi connectivity index (χ2n) is 5.69. The van der Waals surface area contributed by atoms with Crippen molar-refractivity contribution in [2.45, 2.75) is 31.4 Å². The second kappa shape index (κ2) is 4.58. The minimum absolute atomic E-state index is 0.394. The highest BCUT2D eigenvalue weighted by Gasteiger charge is 2.37. The number of rotatable bonds is 1. The minimum atomic E-state index is -0.728. The molecule has 1 aromatic carbocycles. The Hall–Kier alpha value is -1.45. The van der Waals surface area contributed by atoms with Crippen molar-refractivity contribution < 1.29 is 5.11 Å². The zero-order chi connectivity index (χ0) is 13.5. The van der Waals surface area contributed by atoms with E-state index in [2.05, 4.69) is 29.9 Å². The van der Waals surface area contributed by atoms with E-state index in [1.54, 1.807) is 6.20 Å². The van der Waals surface area contributed by atoms with Crippen LogP contribution in [0, 0.1) is 0 Å². The Labute approximate surface area is 113 Å². The molecule has 1 aliphatic heterocycles. The molecule has 3 nitrogen and oxygen atoms in total. The monoisotopic (exact) mass is 256 g/mol. The molecule has 3 heteroatoms. The summed E-state index contributed by atoms with van der Waals surface area (Å²) in [5.41, 5.74) is 1.26. The number of hydrogen-bond acceptors (Lipinski definition) is 3. The fourth-order valence-corrected chi connectivity index (χ4v) is 3.08. The Morgan fingerprint density at radius 1 is 1.32 bits per heavy atom. The molecule has 2 aromatic rings. The van der Waals surface area contributed by atoms with Gasteiger partial charge in [-0.25, -0.2) is 0 Å². The predicted molar refractivity (Wildman–Crippen MR) is 77.0 cm³/mol. The maximum Gasteiger partial charge on any atom is 0.0930 e. The molecule has 1 saturated heterocycles. The highest BCUT2D eigenvalue weighted by atomic mass is 16.3. The quantitative estimate of drug-likeness (QED) is 0.852. The van der Waals surface area contributed by atoms with Gasteiger partial charge in [0.1, 0.15) is 0 Å². The van der Waals surface area contributed by atoms with Crippen LogP contribution in [-0.2, 0) is 5.60 Å². The molecule has 1 fully saturated rings. The van der Waals surface area contributed by atoms with Gasteiger partial charge in [-0.3, -0.25) is 4.98 Å². The Bertz CT molecular complexity index is 593. The van der Waals surface area contributed by atoms with E-state index in [0.717, 1.165) is 35.9 Å². The van der Waals surface area contributed by atoms with Gasteiger partial charge in [0, 0.05) is 24.2 Å². The first kappa shape index (κ1) is 12.6. The van der Waals surface area contributed by atoms with Gasteiger partial charge in [-0.2, -0.15) is 0 Å². The summed E-state index contributed by atoms with van der Waals surface area (Å²) in [6, 6.07) is 10.4. The number of benzene rings is 1. The smallest absolute Gasteiger partial charge is 0.0930 e. The van der Waals surface area contributed by atoms with Crippen LogP contribution in [0.25, 0.3) is 10.9 Å². The maximum atomic E-state index is 11.1. The summed E-state index contributed by atoms with van der Waals surface area (Å²) < 4.78 is 0. The van der Waals surface area contributed by atoms with Gasteiger partial charge in [0.25, 0.3) is 0 Å². The van der Waals surface area contributed by atoms with Crippen LogP contribution < -0.4 is 0 Å². The van der Waals surface area contributed by atoms with E-state index in [1.165, 1.54) is 0 Å². The molecule has 1 aliphatic rings. The van der Waals surface area contributed by atoms with Crippen molar-refractivity contribution in [3.63, 3.8) is 0 Å². The summed E-state index contributed by atoms with van der Waals surface area (Å²) in [5, 5.41) is 12.1. The summed E-state index contributed by atoms with van der Waals surface area (Å²) >= 11 is 0. The average Bonchev–Trinajstić information content (AvgIpc) is 2.43.